The molecule has 3 aromatic carbocycles. The van der Waals surface area contributed by atoms with Crippen molar-refractivity contribution in [2.45, 2.75) is 26.4 Å². The normalized spacial score (nSPS) is 15.0. The molecule has 0 fully saturated rings. The van der Waals surface area contributed by atoms with E-state index in [0.717, 1.165) is 28.1 Å². The smallest absolute Gasteiger partial charge is 0.318 e. The van der Waals surface area contributed by atoms with Gasteiger partial charge in [-0.25, -0.2) is 9.18 Å². The molecule has 32 heavy (non-hydrogen) atoms. The third-order valence-corrected chi connectivity index (χ3v) is 6.01. The molecular weight excluding hydrogens is 401 g/mol. The number of fused-ring (bicyclic) bond motifs is 3. The Morgan fingerprint density at radius 3 is 2.62 bits per heavy atom. The monoisotopic (exact) mass is 425 g/mol. The number of aromatic nitrogens is 1. The number of nitrogens with zero attached hydrogens (tertiary/aromatic N) is 2. The first-order valence-electron chi connectivity index (χ1n) is 10.7. The van der Waals surface area contributed by atoms with E-state index < -0.39 is 0 Å². The summed E-state index contributed by atoms with van der Waals surface area (Å²) in [6.45, 7) is 4.18. The predicted molar refractivity (Wildman–Crippen MR) is 124 cm³/mol. The summed E-state index contributed by atoms with van der Waals surface area (Å²) in [7, 11) is 0. The number of amides is 2. The van der Waals surface area contributed by atoms with Crippen molar-refractivity contribution in [3.8, 4) is 5.69 Å². The third kappa shape index (κ3) is 3.56. The minimum Gasteiger partial charge on any atom is -0.318 e. The maximum absolute atomic E-state index is 14.1. The summed E-state index contributed by atoms with van der Waals surface area (Å²) in [5.41, 5.74) is 6.25. The molecule has 1 aliphatic rings. The number of anilines is 1. The van der Waals surface area contributed by atoms with Crippen LogP contribution in [0.1, 0.15) is 34.0 Å². The maximum Gasteiger partial charge on any atom is 0.322 e. The van der Waals surface area contributed by atoms with Crippen molar-refractivity contribution >= 4 is 11.7 Å². The van der Waals surface area contributed by atoms with Crippen LogP contribution in [0.3, 0.4) is 0 Å². The van der Waals surface area contributed by atoms with E-state index in [0.29, 0.717) is 17.8 Å². The molecule has 0 saturated carbocycles. The summed E-state index contributed by atoms with van der Waals surface area (Å²) in [6.07, 6.45) is 2.04. The van der Waals surface area contributed by atoms with Crippen LogP contribution in [0.25, 0.3) is 5.69 Å². The highest BCUT2D eigenvalue weighted by Crippen LogP contribution is 2.37. The second-order valence-corrected chi connectivity index (χ2v) is 8.27. The summed E-state index contributed by atoms with van der Waals surface area (Å²) < 4.78 is 16.3. The van der Waals surface area contributed by atoms with Crippen LogP contribution in [0.4, 0.5) is 14.9 Å². The molecule has 5 heteroatoms. The van der Waals surface area contributed by atoms with Gasteiger partial charge in [-0.15, -0.1) is 0 Å². The van der Waals surface area contributed by atoms with Gasteiger partial charge in [0.2, 0.25) is 0 Å². The fraction of sp³-hybridized carbons (Fsp3) is 0.148. The summed E-state index contributed by atoms with van der Waals surface area (Å²) >= 11 is 0. The van der Waals surface area contributed by atoms with Crippen molar-refractivity contribution < 1.29 is 9.18 Å². The van der Waals surface area contributed by atoms with Crippen molar-refractivity contribution in [2.75, 3.05) is 5.32 Å². The number of hydrogen-bond donors (Lipinski definition) is 1. The summed E-state index contributed by atoms with van der Waals surface area (Å²) in [5, 5.41) is 2.91. The molecule has 5 rings (SSSR count). The number of rotatable bonds is 2. The van der Waals surface area contributed by atoms with Crippen LogP contribution in [0, 0.1) is 19.7 Å². The third-order valence-electron chi connectivity index (χ3n) is 6.01. The van der Waals surface area contributed by atoms with E-state index in [9.17, 15) is 9.18 Å². The van der Waals surface area contributed by atoms with Gasteiger partial charge in [0.25, 0.3) is 0 Å². The van der Waals surface area contributed by atoms with E-state index in [1.165, 1.54) is 6.07 Å². The average molecular weight is 426 g/mol. The predicted octanol–water partition coefficient (Wildman–Crippen LogP) is 6.37. The van der Waals surface area contributed by atoms with Gasteiger partial charge in [-0.3, -0.25) is 0 Å². The van der Waals surface area contributed by atoms with Gasteiger partial charge in [-0.2, -0.15) is 0 Å². The largest absolute Gasteiger partial charge is 0.322 e. The van der Waals surface area contributed by atoms with Gasteiger partial charge in [0, 0.05) is 17.6 Å². The Hall–Kier alpha value is -3.86. The Balaban J connectivity index is 1.63. The Labute approximate surface area is 186 Å². The molecule has 0 unspecified atom stereocenters. The summed E-state index contributed by atoms with van der Waals surface area (Å²) in [5.74, 6) is -0.340. The standard InChI is InChI=1S/C27H24FN3O/c1-18-7-5-9-20(15-18)26-25-11-6-14-30(25)24-10-4-3-8-21(24)17-31(26)27(32)29-22-13-12-19(2)23(28)16-22/h3-16,26H,17H2,1-2H3,(H,29,32)/t26-/m1/s1. The number of carbonyl (C=O) groups excluding carboxylic acids is 1. The lowest BCUT2D eigenvalue weighted by Gasteiger charge is -2.31. The zero-order valence-electron chi connectivity index (χ0n) is 18.0. The second-order valence-electron chi connectivity index (χ2n) is 8.27. The van der Waals surface area contributed by atoms with E-state index >= 15 is 0 Å². The van der Waals surface area contributed by atoms with Crippen LogP contribution in [0.15, 0.2) is 85.1 Å². The molecule has 1 aliphatic heterocycles. The molecule has 1 atom stereocenters. The van der Waals surface area contributed by atoms with Crippen molar-refractivity contribution in [2.24, 2.45) is 0 Å². The Morgan fingerprint density at radius 2 is 1.81 bits per heavy atom. The number of nitrogens with one attached hydrogen (secondary N) is 1. The Bertz CT molecular complexity index is 1310. The van der Waals surface area contributed by atoms with Gasteiger partial charge in [0.05, 0.1) is 18.3 Å². The molecule has 0 bridgehead atoms. The molecule has 2 heterocycles. The van der Waals surface area contributed by atoms with Gasteiger partial charge in [-0.05, 0) is 60.9 Å². The minimum atomic E-state index is -0.340. The Morgan fingerprint density at radius 1 is 0.969 bits per heavy atom. The van der Waals surface area contributed by atoms with Crippen LogP contribution in [-0.4, -0.2) is 15.5 Å². The molecule has 0 radical (unpaired) electrons. The van der Waals surface area contributed by atoms with Gasteiger partial charge < -0.3 is 14.8 Å². The number of halogens is 1. The number of aryl methyl sites for hydroxylation is 2. The topological polar surface area (TPSA) is 37.3 Å². The zero-order chi connectivity index (χ0) is 22.2. The van der Waals surface area contributed by atoms with Crippen LogP contribution >= 0.6 is 0 Å². The molecule has 1 aromatic heterocycles. The number of hydrogen-bond acceptors (Lipinski definition) is 1. The van der Waals surface area contributed by atoms with Crippen LogP contribution in [-0.2, 0) is 6.54 Å². The van der Waals surface area contributed by atoms with Crippen LogP contribution in [0.5, 0.6) is 0 Å². The fourth-order valence-electron chi connectivity index (χ4n) is 4.40. The highest BCUT2D eigenvalue weighted by atomic mass is 19.1. The molecule has 0 saturated heterocycles. The quantitative estimate of drug-likeness (QED) is 0.398. The molecule has 160 valence electrons. The van der Waals surface area contributed by atoms with E-state index in [-0.39, 0.29) is 17.9 Å². The number of para-hydroxylation sites is 1. The SMILES string of the molecule is Cc1cccc([C@@H]2c3cccn3-c3ccccc3CN2C(=O)Nc2ccc(C)c(F)c2)c1. The zero-order valence-corrected chi connectivity index (χ0v) is 18.0. The van der Waals surface area contributed by atoms with E-state index in [2.05, 4.69) is 34.1 Å². The van der Waals surface area contributed by atoms with E-state index in [1.807, 2.05) is 54.4 Å². The Kier molecular flexibility index (Phi) is 5.02. The molecular formula is C27H24FN3O. The number of carbonyl (C=O) groups is 1. The fourth-order valence-corrected chi connectivity index (χ4v) is 4.40. The average Bonchev–Trinajstić information content (AvgIpc) is 3.20. The van der Waals surface area contributed by atoms with Crippen LogP contribution in [0.2, 0.25) is 0 Å². The number of urea groups is 1. The number of benzene rings is 3. The molecule has 0 spiro atoms. The molecule has 2 amide bonds. The van der Waals surface area contributed by atoms with Crippen molar-refractivity contribution in [3.63, 3.8) is 0 Å². The maximum atomic E-state index is 14.1. The first-order chi connectivity index (χ1) is 15.5. The van der Waals surface area contributed by atoms with E-state index in [4.69, 9.17) is 0 Å². The lowest BCUT2D eigenvalue weighted by molar-refractivity contribution is 0.194. The van der Waals surface area contributed by atoms with Gasteiger partial charge in [0.15, 0.2) is 0 Å². The lowest BCUT2D eigenvalue weighted by Crippen LogP contribution is -2.38. The van der Waals surface area contributed by atoms with Crippen LogP contribution < -0.4 is 5.32 Å². The lowest BCUT2D eigenvalue weighted by atomic mass is 10.00. The molecule has 4 aromatic rings. The van der Waals surface area contributed by atoms with Crippen molar-refractivity contribution in [3.05, 3.63) is 119 Å². The summed E-state index contributed by atoms with van der Waals surface area (Å²) in [6, 6.07) is 24.6. The first kappa shape index (κ1) is 20.1. The highest BCUT2D eigenvalue weighted by Gasteiger charge is 2.33. The van der Waals surface area contributed by atoms with E-state index in [1.54, 1.807) is 19.1 Å². The highest BCUT2D eigenvalue weighted by molar-refractivity contribution is 5.90. The second kappa shape index (κ2) is 8.00. The van der Waals surface area contributed by atoms with Crippen molar-refractivity contribution in [1.29, 1.82) is 0 Å². The summed E-state index contributed by atoms with van der Waals surface area (Å²) in [4.78, 5) is 15.4. The van der Waals surface area contributed by atoms with Crippen molar-refractivity contribution in [1.82, 2.24) is 9.47 Å². The van der Waals surface area contributed by atoms with Gasteiger partial charge >= 0.3 is 6.03 Å². The first-order valence-corrected chi connectivity index (χ1v) is 10.7. The van der Waals surface area contributed by atoms with Gasteiger partial charge in [-0.1, -0.05) is 54.1 Å². The van der Waals surface area contributed by atoms with Gasteiger partial charge in [0.1, 0.15) is 5.82 Å². The minimum absolute atomic E-state index is 0.274. The molecule has 0 aliphatic carbocycles. The molecule has 1 N–H and O–H groups in total. The molecule has 4 nitrogen and oxygen atoms in total.